The van der Waals surface area contributed by atoms with Crippen molar-refractivity contribution in [2.45, 2.75) is 13.3 Å². The molecule has 5 nitrogen and oxygen atoms in total. The summed E-state index contributed by atoms with van der Waals surface area (Å²) in [6.07, 6.45) is 2.71. The Balaban J connectivity index is 1.76. The van der Waals surface area contributed by atoms with Crippen LogP contribution in [0.25, 0.3) is 0 Å². The number of rotatable bonds is 7. The quantitative estimate of drug-likeness (QED) is 0.803. The van der Waals surface area contributed by atoms with Crippen LogP contribution in [-0.4, -0.2) is 60.0 Å². The van der Waals surface area contributed by atoms with Crippen LogP contribution in [0.2, 0.25) is 0 Å². The molecule has 0 spiro atoms. The molecule has 1 fully saturated rings. The fraction of sp³-hybridized carbons (Fsp3) is 0.600. The Morgan fingerprint density at radius 3 is 2.95 bits per heavy atom. The predicted octanol–water partition coefficient (Wildman–Crippen LogP) is 1.68. The molecule has 1 saturated heterocycles. The van der Waals surface area contributed by atoms with Gasteiger partial charge < -0.3 is 10.6 Å². The Labute approximate surface area is 130 Å². The van der Waals surface area contributed by atoms with Crippen molar-refractivity contribution in [3.05, 3.63) is 23.9 Å². The molecule has 0 unspecified atom stereocenters. The van der Waals surface area contributed by atoms with Gasteiger partial charge in [-0.05, 0) is 18.6 Å². The highest BCUT2D eigenvalue weighted by atomic mass is 32.2. The topological polar surface area (TPSA) is 57.3 Å². The summed E-state index contributed by atoms with van der Waals surface area (Å²) in [7, 11) is 0. The van der Waals surface area contributed by atoms with Crippen LogP contribution in [0, 0.1) is 0 Å². The Bertz CT molecular complexity index is 449. The van der Waals surface area contributed by atoms with E-state index in [4.69, 9.17) is 0 Å². The van der Waals surface area contributed by atoms with Crippen LogP contribution in [0.3, 0.4) is 0 Å². The first-order valence-electron chi connectivity index (χ1n) is 7.58. The van der Waals surface area contributed by atoms with Crippen LogP contribution in [0.4, 0.5) is 5.82 Å². The maximum Gasteiger partial charge on any atom is 0.251 e. The lowest BCUT2D eigenvalue weighted by Crippen LogP contribution is -2.39. The van der Waals surface area contributed by atoms with E-state index >= 15 is 0 Å². The number of nitrogens with one attached hydrogen (secondary N) is 2. The van der Waals surface area contributed by atoms with Crippen molar-refractivity contribution >= 4 is 23.5 Å². The molecular weight excluding hydrogens is 284 g/mol. The summed E-state index contributed by atoms with van der Waals surface area (Å²) in [6.45, 7) is 6.84. The van der Waals surface area contributed by atoms with E-state index < -0.39 is 0 Å². The van der Waals surface area contributed by atoms with E-state index in [9.17, 15) is 4.79 Å². The van der Waals surface area contributed by atoms with Crippen molar-refractivity contribution in [3.8, 4) is 0 Å². The number of hydrogen-bond acceptors (Lipinski definition) is 5. The maximum atomic E-state index is 12.1. The molecule has 21 heavy (non-hydrogen) atoms. The molecule has 0 aromatic carbocycles. The Morgan fingerprint density at radius 1 is 1.38 bits per heavy atom. The molecule has 0 saturated carbocycles. The zero-order valence-electron chi connectivity index (χ0n) is 12.6. The first kappa shape index (κ1) is 16.1. The molecule has 0 bridgehead atoms. The van der Waals surface area contributed by atoms with Crippen LogP contribution in [0.5, 0.6) is 0 Å². The number of carbonyl (C=O) groups excluding carboxylic acids is 1. The lowest BCUT2D eigenvalue weighted by atomic mass is 10.2. The Kier molecular flexibility index (Phi) is 6.82. The summed E-state index contributed by atoms with van der Waals surface area (Å²) in [6, 6.07) is 3.56. The fourth-order valence-electron chi connectivity index (χ4n) is 2.18. The second-order valence-corrected chi connectivity index (χ2v) is 6.29. The molecule has 1 amide bonds. The van der Waals surface area contributed by atoms with Crippen LogP contribution in [0.1, 0.15) is 23.7 Å². The second-order valence-electron chi connectivity index (χ2n) is 5.07. The van der Waals surface area contributed by atoms with Gasteiger partial charge in [-0.3, -0.25) is 9.69 Å². The van der Waals surface area contributed by atoms with Crippen molar-refractivity contribution in [2.24, 2.45) is 0 Å². The zero-order valence-corrected chi connectivity index (χ0v) is 13.4. The minimum Gasteiger partial charge on any atom is -0.370 e. The highest BCUT2D eigenvalue weighted by Crippen LogP contribution is 2.09. The molecule has 116 valence electrons. The average Bonchev–Trinajstić information content (AvgIpc) is 2.54. The SMILES string of the molecule is CCCNc1cc(C(=O)NCCN2CCSCC2)ccn1. The van der Waals surface area contributed by atoms with Gasteiger partial charge in [-0.15, -0.1) is 0 Å². The standard InChI is InChI=1S/C15H24N4OS/c1-2-4-16-14-12-13(3-5-17-14)15(20)18-6-7-19-8-10-21-11-9-19/h3,5,12H,2,4,6-11H2,1H3,(H,16,17)(H,18,20). The smallest absolute Gasteiger partial charge is 0.251 e. The molecule has 0 radical (unpaired) electrons. The van der Waals surface area contributed by atoms with Gasteiger partial charge >= 0.3 is 0 Å². The molecule has 1 aliphatic heterocycles. The lowest BCUT2D eigenvalue weighted by molar-refractivity contribution is 0.0949. The molecule has 1 aromatic rings. The maximum absolute atomic E-state index is 12.1. The van der Waals surface area contributed by atoms with E-state index in [0.29, 0.717) is 12.1 Å². The number of hydrogen-bond donors (Lipinski definition) is 2. The summed E-state index contributed by atoms with van der Waals surface area (Å²) in [5, 5.41) is 6.18. The molecule has 6 heteroatoms. The molecule has 0 aliphatic carbocycles. The summed E-state index contributed by atoms with van der Waals surface area (Å²) in [4.78, 5) is 18.7. The van der Waals surface area contributed by atoms with Gasteiger partial charge in [0.2, 0.25) is 0 Å². The van der Waals surface area contributed by atoms with Crippen molar-refractivity contribution in [1.29, 1.82) is 0 Å². The van der Waals surface area contributed by atoms with Gasteiger partial charge in [0, 0.05) is 56.0 Å². The molecule has 1 aliphatic rings. The summed E-state index contributed by atoms with van der Waals surface area (Å²) in [5.74, 6) is 3.14. The van der Waals surface area contributed by atoms with Crippen molar-refractivity contribution in [2.75, 3.05) is 49.5 Å². The normalized spacial score (nSPS) is 15.7. The van der Waals surface area contributed by atoms with Gasteiger partial charge in [0.25, 0.3) is 5.91 Å². The van der Waals surface area contributed by atoms with Gasteiger partial charge in [-0.25, -0.2) is 4.98 Å². The number of amides is 1. The monoisotopic (exact) mass is 308 g/mol. The number of carbonyl (C=O) groups is 1. The minimum absolute atomic E-state index is 0.0247. The average molecular weight is 308 g/mol. The summed E-state index contributed by atoms with van der Waals surface area (Å²) in [5.41, 5.74) is 0.665. The highest BCUT2D eigenvalue weighted by Gasteiger charge is 2.11. The Morgan fingerprint density at radius 2 is 2.19 bits per heavy atom. The fourth-order valence-corrected chi connectivity index (χ4v) is 3.15. The van der Waals surface area contributed by atoms with E-state index in [2.05, 4.69) is 27.4 Å². The summed E-state index contributed by atoms with van der Waals surface area (Å²) < 4.78 is 0. The molecular formula is C15H24N4OS. The lowest BCUT2D eigenvalue weighted by Gasteiger charge is -2.25. The third kappa shape index (κ3) is 5.55. The molecule has 2 N–H and O–H groups in total. The molecule has 1 aromatic heterocycles. The van der Waals surface area contributed by atoms with Gasteiger partial charge in [-0.1, -0.05) is 6.92 Å². The van der Waals surface area contributed by atoms with Crippen molar-refractivity contribution in [3.63, 3.8) is 0 Å². The Hall–Kier alpha value is -1.27. The van der Waals surface area contributed by atoms with E-state index in [1.54, 1.807) is 12.3 Å². The third-order valence-corrected chi connectivity index (χ3v) is 4.34. The van der Waals surface area contributed by atoms with Gasteiger partial charge in [0.05, 0.1) is 0 Å². The number of nitrogens with zero attached hydrogens (tertiary/aromatic N) is 2. The van der Waals surface area contributed by atoms with Crippen molar-refractivity contribution in [1.82, 2.24) is 15.2 Å². The number of aromatic nitrogens is 1. The first-order valence-corrected chi connectivity index (χ1v) is 8.73. The molecule has 0 atom stereocenters. The van der Waals surface area contributed by atoms with E-state index in [1.807, 2.05) is 17.8 Å². The van der Waals surface area contributed by atoms with Crippen LogP contribution in [-0.2, 0) is 0 Å². The van der Waals surface area contributed by atoms with Crippen LogP contribution < -0.4 is 10.6 Å². The predicted molar refractivity (Wildman–Crippen MR) is 89.1 cm³/mol. The van der Waals surface area contributed by atoms with Gasteiger partial charge in [0.1, 0.15) is 5.82 Å². The van der Waals surface area contributed by atoms with E-state index in [0.717, 1.165) is 38.4 Å². The largest absolute Gasteiger partial charge is 0.370 e. The minimum atomic E-state index is -0.0247. The first-order chi connectivity index (χ1) is 10.3. The van der Waals surface area contributed by atoms with Crippen LogP contribution in [0.15, 0.2) is 18.3 Å². The number of pyridine rings is 1. The number of thioether (sulfide) groups is 1. The second kappa shape index (κ2) is 8.89. The molecule has 2 heterocycles. The van der Waals surface area contributed by atoms with Gasteiger partial charge in [-0.2, -0.15) is 11.8 Å². The van der Waals surface area contributed by atoms with E-state index in [1.165, 1.54) is 11.5 Å². The third-order valence-electron chi connectivity index (χ3n) is 3.40. The summed E-state index contributed by atoms with van der Waals surface area (Å²) >= 11 is 2.00. The van der Waals surface area contributed by atoms with Crippen molar-refractivity contribution < 1.29 is 4.79 Å². The zero-order chi connectivity index (χ0) is 14.9. The van der Waals surface area contributed by atoms with Gasteiger partial charge in [0.15, 0.2) is 0 Å². The number of anilines is 1. The van der Waals surface area contributed by atoms with Crippen LogP contribution >= 0.6 is 11.8 Å². The van der Waals surface area contributed by atoms with E-state index in [-0.39, 0.29) is 5.91 Å². The highest BCUT2D eigenvalue weighted by molar-refractivity contribution is 7.99. The molecule has 2 rings (SSSR count).